The molecule has 0 saturated carbocycles. The van der Waals surface area contributed by atoms with Crippen LogP contribution in [0.25, 0.3) is 0 Å². The lowest BCUT2D eigenvalue weighted by Crippen LogP contribution is -2.34. The molecule has 1 aromatic rings. The van der Waals surface area contributed by atoms with E-state index in [4.69, 9.17) is 19.9 Å². The van der Waals surface area contributed by atoms with Crippen molar-refractivity contribution in [2.75, 3.05) is 19.7 Å². The predicted molar refractivity (Wildman–Crippen MR) is 79.8 cm³/mol. The monoisotopic (exact) mass is 324 g/mol. The predicted octanol–water partition coefficient (Wildman–Crippen LogP) is -0.289. The molecule has 126 valence electrons. The van der Waals surface area contributed by atoms with Gasteiger partial charge in [0.25, 0.3) is 0 Å². The molecule has 0 saturated heterocycles. The second kappa shape index (κ2) is 10.3. The number of nitrogens with two attached hydrogens (primary N) is 1. The molecule has 0 aliphatic carbocycles. The summed E-state index contributed by atoms with van der Waals surface area (Å²) in [5, 5.41) is 2.30. The molecular formula is C15H20N2O6. The fourth-order valence-electron chi connectivity index (χ4n) is 1.48. The van der Waals surface area contributed by atoms with Gasteiger partial charge in [-0.05, 0) is 5.56 Å². The van der Waals surface area contributed by atoms with E-state index >= 15 is 0 Å². The van der Waals surface area contributed by atoms with E-state index < -0.39 is 18.2 Å². The lowest BCUT2D eigenvalue weighted by molar-refractivity contribution is -0.196. The summed E-state index contributed by atoms with van der Waals surface area (Å²) < 4.78 is 15.3. The van der Waals surface area contributed by atoms with E-state index in [0.717, 1.165) is 5.56 Å². The summed E-state index contributed by atoms with van der Waals surface area (Å²) in [6.45, 7) is 0.573. The number of esters is 2. The van der Waals surface area contributed by atoms with Gasteiger partial charge in [-0.1, -0.05) is 30.3 Å². The van der Waals surface area contributed by atoms with Crippen molar-refractivity contribution in [3.63, 3.8) is 0 Å². The Labute approximate surface area is 133 Å². The van der Waals surface area contributed by atoms with Crippen LogP contribution in [0, 0.1) is 0 Å². The van der Waals surface area contributed by atoms with Crippen LogP contribution in [0.1, 0.15) is 12.5 Å². The molecule has 1 unspecified atom stereocenters. The molecule has 0 radical (unpaired) electrons. The number of amides is 1. The maximum Gasteiger partial charge on any atom is 0.327 e. The van der Waals surface area contributed by atoms with Gasteiger partial charge in [-0.15, -0.1) is 0 Å². The maximum atomic E-state index is 11.6. The minimum atomic E-state index is -1.09. The molecule has 3 N–H and O–H groups in total. The van der Waals surface area contributed by atoms with Crippen molar-refractivity contribution in [1.29, 1.82) is 0 Å². The fraction of sp³-hybridized carbons (Fsp3) is 0.400. The molecule has 0 aliphatic rings. The number of hydrogen-bond donors (Lipinski definition) is 2. The lowest BCUT2D eigenvalue weighted by Gasteiger charge is -2.18. The van der Waals surface area contributed by atoms with Crippen LogP contribution < -0.4 is 11.1 Å². The van der Waals surface area contributed by atoms with E-state index in [1.165, 1.54) is 6.92 Å². The molecule has 0 heterocycles. The zero-order valence-corrected chi connectivity index (χ0v) is 12.8. The number of carbonyl (C=O) groups is 3. The Morgan fingerprint density at radius 3 is 2.48 bits per heavy atom. The first-order valence-electron chi connectivity index (χ1n) is 6.96. The van der Waals surface area contributed by atoms with Gasteiger partial charge in [0.1, 0.15) is 6.54 Å². The highest BCUT2D eigenvalue weighted by molar-refractivity contribution is 5.80. The van der Waals surface area contributed by atoms with Gasteiger partial charge in [-0.25, -0.2) is 0 Å². The topological polar surface area (TPSA) is 117 Å². The van der Waals surface area contributed by atoms with Gasteiger partial charge in [0.2, 0.25) is 12.2 Å². The smallest absolute Gasteiger partial charge is 0.327 e. The molecule has 1 atom stereocenters. The SMILES string of the molecule is CC(=O)NCC(=O)OC(COC(=O)CN)OCc1ccccc1. The third-order valence-corrected chi connectivity index (χ3v) is 2.57. The summed E-state index contributed by atoms with van der Waals surface area (Å²) in [5.74, 6) is -1.71. The highest BCUT2D eigenvalue weighted by atomic mass is 16.7. The van der Waals surface area contributed by atoms with Gasteiger partial charge < -0.3 is 25.3 Å². The number of hydrogen-bond acceptors (Lipinski definition) is 7. The summed E-state index contributed by atoms with van der Waals surface area (Å²) >= 11 is 0. The average molecular weight is 324 g/mol. The number of carbonyl (C=O) groups excluding carboxylic acids is 3. The van der Waals surface area contributed by atoms with Gasteiger partial charge >= 0.3 is 11.9 Å². The number of rotatable bonds is 9. The molecule has 0 spiro atoms. The van der Waals surface area contributed by atoms with Crippen molar-refractivity contribution in [2.24, 2.45) is 5.73 Å². The van der Waals surface area contributed by atoms with Crippen molar-refractivity contribution >= 4 is 17.8 Å². The fourth-order valence-corrected chi connectivity index (χ4v) is 1.48. The van der Waals surface area contributed by atoms with Gasteiger partial charge in [-0.2, -0.15) is 0 Å². The molecule has 0 aromatic heterocycles. The van der Waals surface area contributed by atoms with Crippen molar-refractivity contribution in [1.82, 2.24) is 5.32 Å². The van der Waals surface area contributed by atoms with Crippen LogP contribution in [-0.2, 0) is 35.2 Å². The summed E-state index contributed by atoms with van der Waals surface area (Å²) in [5.41, 5.74) is 6.00. The molecular weight excluding hydrogens is 304 g/mol. The summed E-state index contributed by atoms with van der Waals surface area (Å²) in [7, 11) is 0. The van der Waals surface area contributed by atoms with Crippen LogP contribution in [0.5, 0.6) is 0 Å². The summed E-state index contributed by atoms with van der Waals surface area (Å²) in [6, 6.07) is 9.21. The minimum Gasteiger partial charge on any atom is -0.458 e. The zero-order chi connectivity index (χ0) is 17.1. The van der Waals surface area contributed by atoms with Crippen LogP contribution in [0.4, 0.5) is 0 Å². The first kappa shape index (κ1) is 18.6. The largest absolute Gasteiger partial charge is 0.458 e. The van der Waals surface area contributed by atoms with E-state index in [0.29, 0.717) is 0 Å². The summed E-state index contributed by atoms with van der Waals surface area (Å²) in [6.07, 6.45) is -1.09. The molecule has 0 fully saturated rings. The highest BCUT2D eigenvalue weighted by Gasteiger charge is 2.17. The molecule has 8 heteroatoms. The Bertz CT molecular complexity index is 520. The third-order valence-electron chi connectivity index (χ3n) is 2.57. The molecule has 0 bridgehead atoms. The van der Waals surface area contributed by atoms with E-state index in [2.05, 4.69) is 5.32 Å². The quantitative estimate of drug-likeness (QED) is 0.473. The lowest BCUT2D eigenvalue weighted by atomic mass is 10.2. The molecule has 1 amide bonds. The van der Waals surface area contributed by atoms with Gasteiger partial charge in [0.05, 0.1) is 13.2 Å². The summed E-state index contributed by atoms with van der Waals surface area (Å²) in [4.78, 5) is 33.5. The third kappa shape index (κ3) is 8.54. The van der Waals surface area contributed by atoms with Crippen LogP contribution in [0.15, 0.2) is 30.3 Å². The van der Waals surface area contributed by atoms with Crippen LogP contribution in [-0.4, -0.2) is 43.8 Å². The number of nitrogens with one attached hydrogen (secondary N) is 1. The Morgan fingerprint density at radius 2 is 1.87 bits per heavy atom. The van der Waals surface area contributed by atoms with Crippen molar-refractivity contribution in [2.45, 2.75) is 19.8 Å². The van der Waals surface area contributed by atoms with Crippen LogP contribution >= 0.6 is 0 Å². The standard InChI is InChI=1S/C15H20N2O6/c1-11(18)17-8-14(20)23-15(10-21-13(19)7-16)22-9-12-5-3-2-4-6-12/h2-6,15H,7-10,16H2,1H3,(H,17,18). The molecule has 1 rings (SSSR count). The van der Waals surface area contributed by atoms with Gasteiger partial charge in [-0.3, -0.25) is 14.4 Å². The van der Waals surface area contributed by atoms with Crippen LogP contribution in [0.2, 0.25) is 0 Å². The van der Waals surface area contributed by atoms with E-state index in [-0.39, 0.29) is 32.2 Å². The van der Waals surface area contributed by atoms with Crippen LogP contribution in [0.3, 0.4) is 0 Å². The molecule has 8 nitrogen and oxygen atoms in total. The molecule has 1 aromatic carbocycles. The number of ether oxygens (including phenoxy) is 3. The zero-order valence-electron chi connectivity index (χ0n) is 12.8. The van der Waals surface area contributed by atoms with Gasteiger partial charge in [0.15, 0.2) is 6.61 Å². The Kier molecular flexibility index (Phi) is 8.33. The molecule has 23 heavy (non-hydrogen) atoms. The van der Waals surface area contributed by atoms with Crippen molar-refractivity contribution in [3.05, 3.63) is 35.9 Å². The normalized spacial score (nSPS) is 11.4. The van der Waals surface area contributed by atoms with Gasteiger partial charge in [0, 0.05) is 6.92 Å². The van der Waals surface area contributed by atoms with E-state index in [9.17, 15) is 14.4 Å². The van der Waals surface area contributed by atoms with Crippen molar-refractivity contribution < 1.29 is 28.6 Å². The Balaban J connectivity index is 2.51. The van der Waals surface area contributed by atoms with E-state index in [1.807, 2.05) is 30.3 Å². The second-order valence-electron chi connectivity index (χ2n) is 4.51. The van der Waals surface area contributed by atoms with E-state index in [1.54, 1.807) is 0 Å². The number of benzene rings is 1. The average Bonchev–Trinajstić information content (AvgIpc) is 2.56. The second-order valence-corrected chi connectivity index (χ2v) is 4.51. The van der Waals surface area contributed by atoms with Crippen molar-refractivity contribution in [3.8, 4) is 0 Å². The Morgan fingerprint density at radius 1 is 1.17 bits per heavy atom. The maximum absolute atomic E-state index is 11.6. The first-order chi connectivity index (χ1) is 11.0. The highest BCUT2D eigenvalue weighted by Crippen LogP contribution is 2.05. The minimum absolute atomic E-state index is 0.166. The first-order valence-corrected chi connectivity index (χ1v) is 6.96. The Hall–Kier alpha value is -2.45. The molecule has 0 aliphatic heterocycles.